The molecule has 0 saturated carbocycles. The summed E-state index contributed by atoms with van der Waals surface area (Å²) in [6, 6.07) is 14.5. The topological polar surface area (TPSA) is 80.4 Å². The average Bonchev–Trinajstić information content (AvgIpc) is 2.36. The van der Waals surface area contributed by atoms with Crippen LogP contribution in [0.15, 0.2) is 53.4 Å². The molecule has 0 bridgehead atoms. The summed E-state index contributed by atoms with van der Waals surface area (Å²) >= 11 is 0. The van der Waals surface area contributed by atoms with Gasteiger partial charge in [0.2, 0.25) is 0 Å². The summed E-state index contributed by atoms with van der Waals surface area (Å²) in [5.41, 5.74) is 5.93. The van der Waals surface area contributed by atoms with Crippen LogP contribution in [0.3, 0.4) is 0 Å². The van der Waals surface area contributed by atoms with Gasteiger partial charge in [0.05, 0.1) is 5.69 Å². The van der Waals surface area contributed by atoms with Crippen LogP contribution >= 0.6 is 0 Å². The highest BCUT2D eigenvalue weighted by molar-refractivity contribution is 7.86. The monoisotopic (exact) mass is 273 g/mol. The van der Waals surface area contributed by atoms with E-state index in [9.17, 15) is 8.42 Å². The first-order valence-electron chi connectivity index (χ1n) is 5.65. The van der Waals surface area contributed by atoms with E-state index < -0.39 is 10.1 Å². The van der Waals surface area contributed by atoms with Gasteiger partial charge in [0.25, 0.3) is 10.1 Å². The second-order valence-electron chi connectivity index (χ2n) is 4.37. The molecule has 3 N–H and O–H groups in total. The largest absolute Gasteiger partial charge is 0.397 e. The van der Waals surface area contributed by atoms with Crippen molar-refractivity contribution in [2.24, 2.45) is 0 Å². The summed E-state index contributed by atoms with van der Waals surface area (Å²) in [5, 5.41) is 3.47. The molecule has 0 atom stereocenters. The van der Waals surface area contributed by atoms with Gasteiger partial charge in [-0.25, -0.2) is 0 Å². The van der Waals surface area contributed by atoms with Crippen molar-refractivity contribution in [1.29, 1.82) is 0 Å². The number of nitrogens with two attached hydrogens (primary N) is 1. The van der Waals surface area contributed by atoms with E-state index in [1.54, 1.807) is 6.07 Å². The maximum absolute atomic E-state index is 11.2. The van der Waals surface area contributed by atoms with E-state index in [0.29, 0.717) is 5.39 Å². The Morgan fingerprint density at radius 2 is 1.53 bits per heavy atom. The molecule has 0 unspecified atom stereocenters. The van der Waals surface area contributed by atoms with Crippen LogP contribution in [0.2, 0.25) is 0 Å². The highest BCUT2D eigenvalue weighted by Gasteiger charge is 2.15. The fourth-order valence-corrected chi connectivity index (χ4v) is 2.87. The van der Waals surface area contributed by atoms with Crippen molar-refractivity contribution < 1.29 is 13.0 Å². The molecule has 3 aromatic rings. The van der Waals surface area contributed by atoms with Gasteiger partial charge in [-0.3, -0.25) is 4.55 Å². The minimum absolute atomic E-state index is 0.0748. The second-order valence-corrected chi connectivity index (χ2v) is 5.76. The van der Waals surface area contributed by atoms with Gasteiger partial charge in [0.1, 0.15) is 4.90 Å². The van der Waals surface area contributed by atoms with Gasteiger partial charge >= 0.3 is 0 Å². The number of fused-ring (bicyclic) bond motifs is 2. The molecule has 0 aromatic heterocycles. The first-order chi connectivity index (χ1) is 8.97. The van der Waals surface area contributed by atoms with Crippen molar-refractivity contribution >= 4 is 37.4 Å². The molecule has 3 rings (SSSR count). The molecule has 0 radical (unpaired) electrons. The van der Waals surface area contributed by atoms with Crippen LogP contribution in [0, 0.1) is 0 Å². The number of rotatable bonds is 1. The molecule has 19 heavy (non-hydrogen) atoms. The lowest BCUT2D eigenvalue weighted by atomic mass is 10.0. The summed E-state index contributed by atoms with van der Waals surface area (Å²) in [5.74, 6) is 0. The Kier molecular flexibility index (Phi) is 2.48. The van der Waals surface area contributed by atoms with Crippen LogP contribution in [0.1, 0.15) is 0 Å². The minimum atomic E-state index is -4.30. The Labute approximate surface area is 110 Å². The van der Waals surface area contributed by atoms with Crippen molar-refractivity contribution in [3.05, 3.63) is 48.5 Å². The van der Waals surface area contributed by atoms with Crippen molar-refractivity contribution in [3.8, 4) is 0 Å². The lowest BCUT2D eigenvalue weighted by Gasteiger charge is -2.08. The van der Waals surface area contributed by atoms with Crippen LogP contribution in [-0.2, 0) is 10.1 Å². The average molecular weight is 273 g/mol. The number of anilines is 1. The predicted molar refractivity (Wildman–Crippen MR) is 75.7 cm³/mol. The Balaban J connectivity index is 2.46. The maximum Gasteiger partial charge on any atom is 0.296 e. The van der Waals surface area contributed by atoms with E-state index in [0.717, 1.165) is 16.2 Å². The van der Waals surface area contributed by atoms with Crippen molar-refractivity contribution in [1.82, 2.24) is 0 Å². The summed E-state index contributed by atoms with van der Waals surface area (Å²) in [6.45, 7) is 0. The fraction of sp³-hybridized carbons (Fsp3) is 0. The van der Waals surface area contributed by atoms with E-state index in [2.05, 4.69) is 0 Å². The second kappa shape index (κ2) is 3.94. The van der Waals surface area contributed by atoms with E-state index in [1.807, 2.05) is 36.4 Å². The van der Waals surface area contributed by atoms with Crippen LogP contribution in [-0.4, -0.2) is 13.0 Å². The lowest BCUT2D eigenvalue weighted by Crippen LogP contribution is -2.03. The lowest BCUT2D eigenvalue weighted by molar-refractivity contribution is 0.484. The molecular formula is C14H11NO3S. The molecular weight excluding hydrogens is 262 g/mol. The number of hydrogen-bond acceptors (Lipinski definition) is 3. The Morgan fingerprint density at radius 3 is 2.16 bits per heavy atom. The number of nitrogen functional groups attached to an aromatic ring is 1. The van der Waals surface area contributed by atoms with Gasteiger partial charge in [-0.05, 0) is 34.4 Å². The molecule has 3 aromatic carbocycles. The van der Waals surface area contributed by atoms with E-state index in [-0.39, 0.29) is 10.6 Å². The zero-order valence-corrected chi connectivity index (χ0v) is 10.7. The van der Waals surface area contributed by atoms with Crippen molar-refractivity contribution in [2.45, 2.75) is 4.90 Å². The molecule has 0 amide bonds. The quantitative estimate of drug-likeness (QED) is 0.406. The minimum Gasteiger partial charge on any atom is -0.397 e. The van der Waals surface area contributed by atoms with Gasteiger partial charge in [0.15, 0.2) is 0 Å². The Morgan fingerprint density at radius 1 is 0.895 bits per heavy atom. The normalized spacial score (nSPS) is 12.1. The Hall–Kier alpha value is -2.11. The maximum atomic E-state index is 11.2. The third kappa shape index (κ3) is 1.93. The zero-order chi connectivity index (χ0) is 13.6. The first kappa shape index (κ1) is 12.0. The third-order valence-electron chi connectivity index (χ3n) is 3.17. The van der Waals surface area contributed by atoms with Gasteiger partial charge in [-0.2, -0.15) is 8.42 Å². The molecule has 4 nitrogen and oxygen atoms in total. The molecule has 0 aliphatic rings. The number of hydrogen-bond donors (Lipinski definition) is 2. The highest BCUT2D eigenvalue weighted by atomic mass is 32.2. The smallest absolute Gasteiger partial charge is 0.296 e. The van der Waals surface area contributed by atoms with Crippen LogP contribution in [0.4, 0.5) is 5.69 Å². The predicted octanol–water partition coefficient (Wildman–Crippen LogP) is 2.82. The highest BCUT2D eigenvalue weighted by Crippen LogP contribution is 2.31. The standard InChI is InChI=1S/C14H11NO3S/c15-14-12-8-10-4-2-1-3-9(10)7-11(12)5-6-13(14)19(16,17)18/h1-8H,15H2,(H,16,17,18). The van der Waals surface area contributed by atoms with E-state index >= 15 is 0 Å². The van der Waals surface area contributed by atoms with Crippen molar-refractivity contribution in [2.75, 3.05) is 5.73 Å². The fourth-order valence-electron chi connectivity index (χ4n) is 2.24. The molecule has 5 heteroatoms. The van der Waals surface area contributed by atoms with E-state index in [4.69, 9.17) is 10.3 Å². The summed E-state index contributed by atoms with van der Waals surface area (Å²) < 4.78 is 31.6. The van der Waals surface area contributed by atoms with Gasteiger partial charge < -0.3 is 5.73 Å². The molecule has 96 valence electrons. The molecule has 0 spiro atoms. The summed E-state index contributed by atoms with van der Waals surface area (Å²) in [7, 11) is -4.30. The van der Waals surface area contributed by atoms with Crippen LogP contribution < -0.4 is 5.73 Å². The third-order valence-corrected chi connectivity index (χ3v) is 4.08. The molecule has 0 heterocycles. The SMILES string of the molecule is Nc1c(S(=O)(=O)O)ccc2cc3ccccc3cc12. The zero-order valence-electron chi connectivity index (χ0n) is 9.87. The van der Waals surface area contributed by atoms with Crippen molar-refractivity contribution in [3.63, 3.8) is 0 Å². The molecule has 0 fully saturated rings. The number of benzene rings is 3. The first-order valence-corrected chi connectivity index (χ1v) is 7.09. The molecule has 0 aliphatic carbocycles. The van der Waals surface area contributed by atoms with Crippen LogP contribution in [0.25, 0.3) is 21.5 Å². The Bertz CT molecular complexity index is 901. The summed E-state index contributed by atoms with van der Waals surface area (Å²) in [4.78, 5) is -0.254. The van der Waals surface area contributed by atoms with Gasteiger partial charge in [0, 0.05) is 5.39 Å². The molecule has 0 saturated heterocycles. The molecule has 0 aliphatic heterocycles. The van der Waals surface area contributed by atoms with Gasteiger partial charge in [-0.15, -0.1) is 0 Å². The van der Waals surface area contributed by atoms with Gasteiger partial charge in [-0.1, -0.05) is 30.3 Å². The van der Waals surface area contributed by atoms with E-state index in [1.165, 1.54) is 6.07 Å². The van der Waals surface area contributed by atoms with Crippen LogP contribution in [0.5, 0.6) is 0 Å². The summed E-state index contributed by atoms with van der Waals surface area (Å²) in [6.07, 6.45) is 0.